The van der Waals surface area contributed by atoms with Crippen molar-refractivity contribution in [2.24, 2.45) is 0 Å². The smallest absolute Gasteiger partial charge is 0.215 e. The first-order valence-electron chi connectivity index (χ1n) is 4.94. The second-order valence-electron chi connectivity index (χ2n) is 3.15. The van der Waals surface area contributed by atoms with Crippen LogP contribution in [0.15, 0.2) is 30.5 Å². The quantitative estimate of drug-likeness (QED) is 0.787. The van der Waals surface area contributed by atoms with E-state index in [9.17, 15) is 4.79 Å². The molecule has 0 atom stereocenters. The zero-order chi connectivity index (χ0) is 11.4. The van der Waals surface area contributed by atoms with Crippen molar-refractivity contribution in [2.75, 3.05) is 6.61 Å². The highest BCUT2D eigenvalue weighted by molar-refractivity contribution is 6.07. The molecule has 0 unspecified atom stereocenters. The van der Waals surface area contributed by atoms with Crippen LogP contribution in [0.1, 0.15) is 23.0 Å². The van der Waals surface area contributed by atoms with Gasteiger partial charge in [-0.15, -0.1) is 0 Å². The molecule has 0 bridgehead atoms. The minimum Gasteiger partial charge on any atom is -0.494 e. The molecule has 0 fully saturated rings. The molecular weight excluding hydrogens is 206 g/mol. The van der Waals surface area contributed by atoms with Gasteiger partial charge in [-0.05, 0) is 19.1 Å². The predicted octanol–water partition coefficient (Wildman–Crippen LogP) is 1.43. The number of aromatic amines is 1. The molecule has 5 nitrogen and oxygen atoms in total. The number of carbonyl (C=O) groups excluding carboxylic acids is 1. The highest BCUT2D eigenvalue weighted by atomic mass is 16.5. The van der Waals surface area contributed by atoms with Gasteiger partial charge in [-0.3, -0.25) is 4.79 Å². The molecule has 1 aromatic heterocycles. The number of H-pyrrole nitrogens is 1. The Kier molecular flexibility index (Phi) is 2.95. The Morgan fingerprint density at radius 3 is 3.06 bits per heavy atom. The summed E-state index contributed by atoms with van der Waals surface area (Å²) in [5.74, 6) is 0.507. The third-order valence-electron chi connectivity index (χ3n) is 2.05. The summed E-state index contributed by atoms with van der Waals surface area (Å²) in [5.41, 5.74) is 0.841. The molecule has 1 N–H and O–H groups in total. The average Bonchev–Trinajstić information content (AvgIpc) is 2.82. The van der Waals surface area contributed by atoms with Gasteiger partial charge in [0.2, 0.25) is 5.78 Å². The van der Waals surface area contributed by atoms with Gasteiger partial charge in [0.25, 0.3) is 0 Å². The predicted molar refractivity (Wildman–Crippen MR) is 57.4 cm³/mol. The number of benzene rings is 1. The van der Waals surface area contributed by atoms with Crippen LogP contribution in [-0.4, -0.2) is 27.8 Å². The van der Waals surface area contributed by atoms with Crippen LogP contribution in [0.5, 0.6) is 5.75 Å². The van der Waals surface area contributed by atoms with Crippen molar-refractivity contribution in [2.45, 2.75) is 6.92 Å². The van der Waals surface area contributed by atoms with Crippen LogP contribution >= 0.6 is 0 Å². The number of carbonyl (C=O) groups is 1. The lowest BCUT2D eigenvalue weighted by molar-refractivity contribution is 0.103. The van der Waals surface area contributed by atoms with Crippen LogP contribution in [0.4, 0.5) is 0 Å². The second-order valence-corrected chi connectivity index (χ2v) is 3.15. The number of ether oxygens (including phenoxy) is 1. The first-order valence-corrected chi connectivity index (χ1v) is 4.94. The minimum absolute atomic E-state index is 0.171. The third kappa shape index (κ3) is 2.08. The van der Waals surface area contributed by atoms with Crippen LogP contribution in [0, 0.1) is 0 Å². The molecule has 0 spiro atoms. The number of hydrogen-bond donors (Lipinski definition) is 1. The fraction of sp³-hybridized carbons (Fsp3) is 0.182. The maximum absolute atomic E-state index is 11.9. The van der Waals surface area contributed by atoms with Crippen molar-refractivity contribution >= 4 is 5.78 Å². The summed E-state index contributed by atoms with van der Waals surface area (Å²) >= 11 is 0. The van der Waals surface area contributed by atoms with E-state index in [2.05, 4.69) is 15.4 Å². The lowest BCUT2D eigenvalue weighted by atomic mass is 10.1. The Balaban J connectivity index is 2.27. The van der Waals surface area contributed by atoms with E-state index in [1.807, 2.05) is 13.0 Å². The first kappa shape index (κ1) is 10.4. The van der Waals surface area contributed by atoms with Gasteiger partial charge >= 0.3 is 0 Å². The number of aromatic nitrogens is 3. The molecule has 82 valence electrons. The van der Waals surface area contributed by atoms with Gasteiger partial charge in [0.05, 0.1) is 12.8 Å². The highest BCUT2D eigenvalue weighted by Gasteiger charge is 2.12. The molecule has 0 saturated heterocycles. The van der Waals surface area contributed by atoms with Crippen LogP contribution in [0.2, 0.25) is 0 Å². The normalized spacial score (nSPS) is 10.1. The van der Waals surface area contributed by atoms with Crippen LogP contribution in [0.3, 0.4) is 0 Å². The summed E-state index contributed by atoms with van der Waals surface area (Å²) in [6.07, 6.45) is 1.40. The second kappa shape index (κ2) is 4.57. The SMILES string of the molecule is CCOc1cccc(C(=O)c2cn[nH]n2)c1. The molecule has 16 heavy (non-hydrogen) atoms. The lowest BCUT2D eigenvalue weighted by Gasteiger charge is -2.03. The van der Waals surface area contributed by atoms with Crippen molar-refractivity contribution in [1.82, 2.24) is 15.4 Å². The van der Waals surface area contributed by atoms with Crippen molar-refractivity contribution in [3.8, 4) is 5.75 Å². The molecular formula is C11H11N3O2. The summed E-state index contributed by atoms with van der Waals surface area (Å²) in [6, 6.07) is 7.00. The molecule has 1 heterocycles. The van der Waals surface area contributed by atoms with Crippen molar-refractivity contribution < 1.29 is 9.53 Å². The van der Waals surface area contributed by atoms with E-state index >= 15 is 0 Å². The maximum Gasteiger partial charge on any atom is 0.215 e. The molecule has 0 aliphatic rings. The van der Waals surface area contributed by atoms with Gasteiger partial charge < -0.3 is 4.74 Å². The number of ketones is 1. The van der Waals surface area contributed by atoms with Gasteiger partial charge in [0.15, 0.2) is 5.69 Å². The molecule has 0 amide bonds. The highest BCUT2D eigenvalue weighted by Crippen LogP contribution is 2.15. The van der Waals surface area contributed by atoms with Crippen molar-refractivity contribution in [3.05, 3.63) is 41.7 Å². The standard InChI is InChI=1S/C11H11N3O2/c1-2-16-9-5-3-4-8(6-9)11(15)10-7-12-14-13-10/h3-7H,2H2,1H3,(H,12,13,14). The third-order valence-corrected chi connectivity index (χ3v) is 2.05. The summed E-state index contributed by atoms with van der Waals surface area (Å²) in [5, 5.41) is 9.75. The number of rotatable bonds is 4. The Bertz CT molecular complexity index is 480. The fourth-order valence-corrected chi connectivity index (χ4v) is 1.35. The number of hydrogen-bond acceptors (Lipinski definition) is 4. The molecule has 0 aliphatic carbocycles. The van der Waals surface area contributed by atoms with Crippen molar-refractivity contribution in [3.63, 3.8) is 0 Å². The molecule has 0 saturated carbocycles. The monoisotopic (exact) mass is 217 g/mol. The van der Waals surface area contributed by atoms with E-state index in [0.29, 0.717) is 23.6 Å². The van der Waals surface area contributed by atoms with Gasteiger partial charge in [0.1, 0.15) is 5.75 Å². The van der Waals surface area contributed by atoms with E-state index in [1.165, 1.54) is 6.20 Å². The molecule has 0 radical (unpaired) electrons. The minimum atomic E-state index is -0.171. The van der Waals surface area contributed by atoms with Crippen LogP contribution in [-0.2, 0) is 0 Å². The molecule has 2 rings (SSSR count). The zero-order valence-electron chi connectivity index (χ0n) is 8.80. The van der Waals surface area contributed by atoms with Crippen LogP contribution in [0.25, 0.3) is 0 Å². The Hall–Kier alpha value is -2.17. The van der Waals surface area contributed by atoms with Gasteiger partial charge in [-0.25, -0.2) is 0 Å². The topological polar surface area (TPSA) is 67.9 Å². The van der Waals surface area contributed by atoms with Gasteiger partial charge in [0, 0.05) is 5.56 Å². The van der Waals surface area contributed by atoms with E-state index in [4.69, 9.17) is 4.74 Å². The molecule has 5 heteroatoms. The first-order chi connectivity index (χ1) is 7.81. The molecule has 0 aliphatic heterocycles. The van der Waals surface area contributed by atoms with E-state index in [0.717, 1.165) is 0 Å². The Labute approximate surface area is 92.4 Å². The van der Waals surface area contributed by atoms with Crippen molar-refractivity contribution in [1.29, 1.82) is 0 Å². The van der Waals surface area contributed by atoms with E-state index in [1.54, 1.807) is 18.2 Å². The zero-order valence-corrected chi connectivity index (χ0v) is 8.80. The summed E-state index contributed by atoms with van der Waals surface area (Å²) < 4.78 is 5.32. The van der Waals surface area contributed by atoms with Gasteiger partial charge in [-0.2, -0.15) is 15.4 Å². The van der Waals surface area contributed by atoms with E-state index in [-0.39, 0.29) is 5.78 Å². The van der Waals surface area contributed by atoms with Crippen LogP contribution < -0.4 is 4.74 Å². The molecule has 2 aromatic rings. The fourth-order valence-electron chi connectivity index (χ4n) is 1.35. The molecule has 1 aromatic carbocycles. The maximum atomic E-state index is 11.9. The Morgan fingerprint density at radius 1 is 1.50 bits per heavy atom. The summed E-state index contributed by atoms with van der Waals surface area (Å²) in [4.78, 5) is 11.9. The average molecular weight is 217 g/mol. The lowest BCUT2D eigenvalue weighted by Crippen LogP contribution is -2.02. The summed E-state index contributed by atoms with van der Waals surface area (Å²) in [6.45, 7) is 2.47. The Morgan fingerprint density at radius 2 is 2.38 bits per heavy atom. The number of nitrogens with zero attached hydrogens (tertiary/aromatic N) is 2. The van der Waals surface area contributed by atoms with Gasteiger partial charge in [-0.1, -0.05) is 12.1 Å². The number of nitrogens with one attached hydrogen (secondary N) is 1. The summed E-state index contributed by atoms with van der Waals surface area (Å²) in [7, 11) is 0. The largest absolute Gasteiger partial charge is 0.494 e. The van der Waals surface area contributed by atoms with E-state index < -0.39 is 0 Å².